The molecule has 1 N–H and O–H groups in total. The number of nitrogens with zero attached hydrogens (tertiary/aromatic N) is 2. The zero-order valence-electron chi connectivity index (χ0n) is 18.5. The second-order valence-electron chi connectivity index (χ2n) is 7.46. The maximum absolute atomic E-state index is 12.5. The van der Waals surface area contributed by atoms with Gasteiger partial charge in [0.15, 0.2) is 6.10 Å². The molecule has 1 unspecified atom stereocenters. The molecular formula is C27H23N3O4. The van der Waals surface area contributed by atoms with Gasteiger partial charge < -0.3 is 14.8 Å². The minimum Gasteiger partial charge on any atom is -0.487 e. The van der Waals surface area contributed by atoms with Gasteiger partial charge in [0.05, 0.1) is 16.9 Å². The average molecular weight is 453 g/mol. The van der Waals surface area contributed by atoms with Gasteiger partial charge in [-0.3, -0.25) is 14.8 Å². The van der Waals surface area contributed by atoms with E-state index in [9.17, 15) is 9.59 Å². The molecule has 4 rings (SSSR count). The van der Waals surface area contributed by atoms with Crippen molar-refractivity contribution in [3.8, 4) is 5.75 Å². The van der Waals surface area contributed by atoms with Gasteiger partial charge in [0, 0.05) is 23.9 Å². The molecule has 0 bridgehead atoms. The van der Waals surface area contributed by atoms with Gasteiger partial charge in [-0.1, -0.05) is 24.3 Å². The van der Waals surface area contributed by atoms with E-state index in [1.165, 1.54) is 13.0 Å². The van der Waals surface area contributed by atoms with E-state index in [-0.39, 0.29) is 0 Å². The van der Waals surface area contributed by atoms with Crippen LogP contribution in [0.1, 0.15) is 18.2 Å². The standard InChI is InChI=1S/C27H23N3O4/c1-19(27(32)30-25-9-4-8-24-23(25)7-5-17-29-24)34-26(31)15-12-20-10-13-22(14-11-20)33-18-21-6-2-3-16-28-21/h2-17,19H,18H2,1H3,(H,30,32)/b15-12+. The summed E-state index contributed by atoms with van der Waals surface area (Å²) in [6.07, 6.45) is 5.35. The number of hydrogen-bond donors (Lipinski definition) is 1. The molecular weight excluding hydrogens is 430 g/mol. The third-order valence-electron chi connectivity index (χ3n) is 4.97. The number of carbonyl (C=O) groups excluding carboxylic acids is 2. The predicted molar refractivity (Wildman–Crippen MR) is 130 cm³/mol. The SMILES string of the molecule is CC(OC(=O)/C=C/c1ccc(OCc2ccccn2)cc1)C(=O)Nc1cccc2ncccc12. The maximum atomic E-state index is 12.5. The summed E-state index contributed by atoms with van der Waals surface area (Å²) in [5.74, 6) is -0.343. The summed E-state index contributed by atoms with van der Waals surface area (Å²) < 4.78 is 10.9. The van der Waals surface area contributed by atoms with Crippen LogP contribution in [0.25, 0.3) is 17.0 Å². The molecule has 7 heteroatoms. The van der Waals surface area contributed by atoms with Crippen molar-refractivity contribution in [1.82, 2.24) is 9.97 Å². The Morgan fingerprint density at radius 3 is 2.56 bits per heavy atom. The van der Waals surface area contributed by atoms with Crippen LogP contribution in [-0.2, 0) is 20.9 Å². The molecule has 2 aromatic carbocycles. The summed E-state index contributed by atoms with van der Waals surface area (Å²) in [5.41, 5.74) is 3.01. The van der Waals surface area contributed by atoms with Gasteiger partial charge in [-0.15, -0.1) is 0 Å². The van der Waals surface area contributed by atoms with Gasteiger partial charge in [-0.05, 0) is 67.1 Å². The molecule has 0 spiro atoms. The molecule has 0 saturated heterocycles. The minimum atomic E-state index is -0.966. The Bertz CT molecular complexity index is 1300. The molecule has 0 aliphatic rings. The number of nitrogens with one attached hydrogen (secondary N) is 1. The quantitative estimate of drug-likeness (QED) is 0.305. The van der Waals surface area contributed by atoms with Gasteiger partial charge in [0.25, 0.3) is 5.91 Å². The second-order valence-corrected chi connectivity index (χ2v) is 7.46. The van der Waals surface area contributed by atoms with Crippen molar-refractivity contribution in [3.05, 3.63) is 103 Å². The number of amides is 1. The Hall–Kier alpha value is -4.52. The van der Waals surface area contributed by atoms with Crippen LogP contribution in [0.15, 0.2) is 91.3 Å². The van der Waals surface area contributed by atoms with Crippen LogP contribution in [0.3, 0.4) is 0 Å². The molecule has 0 aliphatic carbocycles. The van der Waals surface area contributed by atoms with Crippen molar-refractivity contribution in [2.75, 3.05) is 5.32 Å². The van der Waals surface area contributed by atoms with Crippen LogP contribution < -0.4 is 10.1 Å². The number of benzene rings is 2. The number of carbonyl (C=O) groups is 2. The fraction of sp³-hybridized carbons (Fsp3) is 0.111. The smallest absolute Gasteiger partial charge is 0.331 e. The highest BCUT2D eigenvalue weighted by Gasteiger charge is 2.17. The summed E-state index contributed by atoms with van der Waals surface area (Å²) in [4.78, 5) is 33.2. The second kappa shape index (κ2) is 10.9. The topological polar surface area (TPSA) is 90.4 Å². The Morgan fingerprint density at radius 1 is 0.941 bits per heavy atom. The normalized spacial score (nSPS) is 11.8. The third-order valence-corrected chi connectivity index (χ3v) is 4.97. The van der Waals surface area contributed by atoms with Crippen LogP contribution in [-0.4, -0.2) is 27.9 Å². The van der Waals surface area contributed by atoms with Crippen LogP contribution in [0.5, 0.6) is 5.75 Å². The molecule has 4 aromatic rings. The van der Waals surface area contributed by atoms with Crippen LogP contribution >= 0.6 is 0 Å². The molecule has 0 radical (unpaired) electrons. The lowest BCUT2D eigenvalue weighted by atomic mass is 10.2. The van der Waals surface area contributed by atoms with Crippen molar-refractivity contribution in [3.63, 3.8) is 0 Å². The van der Waals surface area contributed by atoms with E-state index in [4.69, 9.17) is 9.47 Å². The molecule has 0 saturated carbocycles. The Balaban J connectivity index is 1.28. The summed E-state index contributed by atoms with van der Waals surface area (Å²) in [7, 11) is 0. The first-order chi connectivity index (χ1) is 16.6. The first-order valence-electron chi connectivity index (χ1n) is 10.7. The van der Waals surface area contributed by atoms with Gasteiger partial charge in [0.2, 0.25) is 0 Å². The fourth-order valence-electron chi connectivity index (χ4n) is 3.19. The number of hydrogen-bond acceptors (Lipinski definition) is 6. The molecule has 7 nitrogen and oxygen atoms in total. The van der Waals surface area contributed by atoms with Crippen molar-refractivity contribution < 1.29 is 19.1 Å². The van der Waals surface area contributed by atoms with Gasteiger partial charge >= 0.3 is 5.97 Å². The molecule has 34 heavy (non-hydrogen) atoms. The van der Waals surface area contributed by atoms with E-state index in [1.807, 2.05) is 54.6 Å². The molecule has 1 atom stereocenters. The van der Waals surface area contributed by atoms with Crippen LogP contribution in [0, 0.1) is 0 Å². The average Bonchev–Trinajstić information content (AvgIpc) is 2.87. The van der Waals surface area contributed by atoms with Crippen LogP contribution in [0.4, 0.5) is 5.69 Å². The number of pyridine rings is 2. The number of esters is 1. The van der Waals surface area contributed by atoms with Crippen molar-refractivity contribution in [2.24, 2.45) is 0 Å². The number of ether oxygens (including phenoxy) is 2. The lowest BCUT2D eigenvalue weighted by molar-refractivity contribution is -0.148. The highest BCUT2D eigenvalue weighted by molar-refractivity contribution is 6.03. The fourth-order valence-corrected chi connectivity index (χ4v) is 3.19. The zero-order chi connectivity index (χ0) is 23.8. The first kappa shape index (κ1) is 22.7. The molecule has 2 heterocycles. The number of aromatic nitrogens is 2. The lowest BCUT2D eigenvalue weighted by Gasteiger charge is -2.13. The van der Waals surface area contributed by atoms with Gasteiger partial charge in [0.1, 0.15) is 12.4 Å². The summed E-state index contributed by atoms with van der Waals surface area (Å²) in [5, 5.41) is 3.60. The summed E-state index contributed by atoms with van der Waals surface area (Å²) >= 11 is 0. The van der Waals surface area contributed by atoms with Crippen molar-refractivity contribution in [2.45, 2.75) is 19.6 Å². The van der Waals surface area contributed by atoms with E-state index in [1.54, 1.807) is 36.7 Å². The predicted octanol–water partition coefficient (Wildman–Crippen LogP) is 4.79. The highest BCUT2D eigenvalue weighted by atomic mass is 16.5. The Labute approximate surface area is 197 Å². The Kier molecular flexibility index (Phi) is 7.25. The number of anilines is 1. The zero-order valence-corrected chi connectivity index (χ0v) is 18.5. The lowest BCUT2D eigenvalue weighted by Crippen LogP contribution is -2.29. The van der Waals surface area contributed by atoms with E-state index in [2.05, 4.69) is 15.3 Å². The maximum Gasteiger partial charge on any atom is 0.331 e. The summed E-state index contributed by atoms with van der Waals surface area (Å²) in [6, 6.07) is 22.0. The number of fused-ring (bicyclic) bond motifs is 1. The van der Waals surface area contributed by atoms with E-state index >= 15 is 0 Å². The molecule has 0 aliphatic heterocycles. The van der Waals surface area contributed by atoms with Gasteiger partial charge in [-0.25, -0.2) is 4.79 Å². The van der Waals surface area contributed by atoms with Crippen molar-refractivity contribution >= 4 is 34.5 Å². The third kappa shape index (κ3) is 6.04. The number of rotatable bonds is 8. The van der Waals surface area contributed by atoms with Crippen molar-refractivity contribution in [1.29, 1.82) is 0 Å². The molecule has 1 amide bonds. The highest BCUT2D eigenvalue weighted by Crippen LogP contribution is 2.21. The first-order valence-corrected chi connectivity index (χ1v) is 10.7. The van der Waals surface area contributed by atoms with Gasteiger partial charge in [-0.2, -0.15) is 0 Å². The monoisotopic (exact) mass is 453 g/mol. The van der Waals surface area contributed by atoms with E-state index in [0.717, 1.165) is 22.2 Å². The van der Waals surface area contributed by atoms with Crippen LogP contribution in [0.2, 0.25) is 0 Å². The Morgan fingerprint density at radius 2 is 1.76 bits per heavy atom. The molecule has 170 valence electrons. The minimum absolute atomic E-state index is 0.373. The molecule has 0 fully saturated rings. The largest absolute Gasteiger partial charge is 0.487 e. The van der Waals surface area contributed by atoms with E-state index < -0.39 is 18.0 Å². The van der Waals surface area contributed by atoms with E-state index in [0.29, 0.717) is 18.0 Å². The molecule has 2 aromatic heterocycles. The summed E-state index contributed by atoms with van der Waals surface area (Å²) in [6.45, 7) is 1.90.